The molecular formula is C12H12F3N5O. The zero-order valence-electron chi connectivity index (χ0n) is 10.9. The highest BCUT2D eigenvalue weighted by atomic mass is 19.4. The van der Waals surface area contributed by atoms with E-state index in [4.69, 9.17) is 5.73 Å². The third kappa shape index (κ3) is 2.87. The molecule has 0 aliphatic rings. The van der Waals surface area contributed by atoms with Crippen molar-refractivity contribution in [1.82, 2.24) is 15.0 Å². The van der Waals surface area contributed by atoms with E-state index in [0.29, 0.717) is 12.6 Å². The molecule has 0 saturated heterocycles. The van der Waals surface area contributed by atoms with E-state index in [1.54, 1.807) is 18.2 Å². The van der Waals surface area contributed by atoms with Gasteiger partial charge in [0.15, 0.2) is 5.54 Å². The Morgan fingerprint density at radius 2 is 2.00 bits per heavy atom. The van der Waals surface area contributed by atoms with Crippen molar-refractivity contribution in [3.05, 3.63) is 36.7 Å². The van der Waals surface area contributed by atoms with Gasteiger partial charge in [0, 0.05) is 0 Å². The lowest BCUT2D eigenvalue weighted by molar-refractivity contribution is -0.184. The number of hydrogen-bond acceptors (Lipinski definition) is 4. The van der Waals surface area contributed by atoms with Gasteiger partial charge in [0.05, 0.1) is 23.8 Å². The van der Waals surface area contributed by atoms with Crippen molar-refractivity contribution in [3.8, 4) is 5.69 Å². The number of aromatic nitrogens is 3. The highest BCUT2D eigenvalue weighted by molar-refractivity contribution is 5.99. The summed E-state index contributed by atoms with van der Waals surface area (Å²) in [5, 5.41) is 9.50. The molecule has 1 unspecified atom stereocenters. The third-order valence-corrected chi connectivity index (χ3v) is 2.88. The van der Waals surface area contributed by atoms with E-state index in [1.807, 2.05) is 0 Å². The fourth-order valence-corrected chi connectivity index (χ4v) is 1.50. The zero-order chi connectivity index (χ0) is 15.7. The van der Waals surface area contributed by atoms with Crippen LogP contribution < -0.4 is 11.1 Å². The normalized spacial score (nSPS) is 14.5. The number of carbonyl (C=O) groups excluding carboxylic acids is 1. The monoisotopic (exact) mass is 299 g/mol. The fourth-order valence-electron chi connectivity index (χ4n) is 1.50. The first-order valence-electron chi connectivity index (χ1n) is 5.86. The Balaban J connectivity index is 2.31. The molecular weight excluding hydrogens is 287 g/mol. The Morgan fingerprint density at radius 1 is 1.33 bits per heavy atom. The van der Waals surface area contributed by atoms with Gasteiger partial charge in [0.1, 0.15) is 0 Å². The number of carbonyl (C=O) groups is 1. The number of rotatable bonds is 3. The zero-order valence-corrected chi connectivity index (χ0v) is 10.9. The predicted octanol–water partition coefficient (Wildman–Crippen LogP) is 1.49. The van der Waals surface area contributed by atoms with Crippen LogP contribution in [0.4, 0.5) is 18.9 Å². The van der Waals surface area contributed by atoms with E-state index in [0.717, 1.165) is 0 Å². The molecule has 0 spiro atoms. The van der Waals surface area contributed by atoms with Crippen LogP contribution in [0.1, 0.15) is 6.92 Å². The van der Waals surface area contributed by atoms with Crippen molar-refractivity contribution in [2.45, 2.75) is 18.6 Å². The van der Waals surface area contributed by atoms with Crippen LogP contribution in [0, 0.1) is 0 Å². The summed E-state index contributed by atoms with van der Waals surface area (Å²) in [6, 6.07) is 6.24. The van der Waals surface area contributed by atoms with Crippen LogP contribution in [0.2, 0.25) is 0 Å². The lowest BCUT2D eigenvalue weighted by Gasteiger charge is -2.26. The summed E-state index contributed by atoms with van der Waals surface area (Å²) >= 11 is 0. The maximum Gasteiger partial charge on any atom is 0.415 e. The number of alkyl halides is 3. The summed E-state index contributed by atoms with van der Waals surface area (Å²) in [6.07, 6.45) is -1.96. The second kappa shape index (κ2) is 5.17. The third-order valence-electron chi connectivity index (χ3n) is 2.88. The Morgan fingerprint density at radius 3 is 2.57 bits per heavy atom. The summed E-state index contributed by atoms with van der Waals surface area (Å²) in [7, 11) is 0. The molecule has 0 saturated carbocycles. The van der Waals surface area contributed by atoms with Crippen LogP contribution in [0.3, 0.4) is 0 Å². The summed E-state index contributed by atoms with van der Waals surface area (Å²) in [5.41, 5.74) is 2.61. The maximum atomic E-state index is 12.7. The number of para-hydroxylation sites is 2. The van der Waals surface area contributed by atoms with Gasteiger partial charge in [-0.05, 0) is 19.1 Å². The SMILES string of the molecule is CC(N)(C(=O)Nc1ccccc1-n1ccnn1)C(F)(F)F. The van der Waals surface area contributed by atoms with Gasteiger partial charge in [-0.25, -0.2) is 4.68 Å². The highest BCUT2D eigenvalue weighted by Gasteiger charge is 2.54. The van der Waals surface area contributed by atoms with Crippen molar-refractivity contribution in [2.24, 2.45) is 5.73 Å². The van der Waals surface area contributed by atoms with Gasteiger partial charge in [-0.1, -0.05) is 17.3 Å². The molecule has 2 aromatic rings. The Hall–Kier alpha value is -2.42. The van der Waals surface area contributed by atoms with E-state index < -0.39 is 17.6 Å². The standard InChI is InChI=1S/C12H12F3N5O/c1-11(16,12(13,14)15)10(21)18-8-4-2-3-5-9(8)20-7-6-17-19-20/h2-7H,16H2,1H3,(H,18,21). The Kier molecular flexibility index (Phi) is 3.69. The molecule has 2 rings (SSSR count). The van der Waals surface area contributed by atoms with Gasteiger partial charge in [0.2, 0.25) is 0 Å². The lowest BCUT2D eigenvalue weighted by atomic mass is 10.0. The van der Waals surface area contributed by atoms with Gasteiger partial charge >= 0.3 is 6.18 Å². The highest BCUT2D eigenvalue weighted by Crippen LogP contribution is 2.29. The van der Waals surface area contributed by atoms with Crippen molar-refractivity contribution in [3.63, 3.8) is 0 Å². The number of nitrogens with zero attached hydrogens (tertiary/aromatic N) is 3. The van der Waals surface area contributed by atoms with E-state index >= 15 is 0 Å². The molecule has 0 bridgehead atoms. The van der Waals surface area contributed by atoms with Gasteiger partial charge in [-0.3, -0.25) is 4.79 Å². The number of anilines is 1. The van der Waals surface area contributed by atoms with E-state index in [1.165, 1.54) is 23.1 Å². The molecule has 1 heterocycles. The Bertz CT molecular complexity index is 637. The number of hydrogen-bond donors (Lipinski definition) is 2. The molecule has 112 valence electrons. The molecule has 1 aromatic carbocycles. The molecule has 1 aromatic heterocycles. The van der Waals surface area contributed by atoms with Crippen LogP contribution in [0.5, 0.6) is 0 Å². The molecule has 0 fully saturated rings. The van der Waals surface area contributed by atoms with E-state index in [9.17, 15) is 18.0 Å². The summed E-state index contributed by atoms with van der Waals surface area (Å²) in [6.45, 7) is 0.612. The molecule has 0 radical (unpaired) electrons. The average Bonchev–Trinajstić information content (AvgIpc) is 2.91. The number of halogens is 3. The number of nitrogens with one attached hydrogen (secondary N) is 1. The van der Waals surface area contributed by atoms with E-state index in [-0.39, 0.29) is 5.69 Å². The minimum atomic E-state index is -4.86. The van der Waals surface area contributed by atoms with E-state index in [2.05, 4.69) is 15.6 Å². The molecule has 21 heavy (non-hydrogen) atoms. The summed E-state index contributed by atoms with van der Waals surface area (Å²) in [4.78, 5) is 11.8. The largest absolute Gasteiger partial charge is 0.415 e. The van der Waals surface area contributed by atoms with Crippen molar-refractivity contribution in [1.29, 1.82) is 0 Å². The van der Waals surface area contributed by atoms with Gasteiger partial charge in [0.25, 0.3) is 5.91 Å². The quantitative estimate of drug-likeness (QED) is 0.899. The average molecular weight is 299 g/mol. The van der Waals surface area contributed by atoms with Crippen molar-refractivity contribution >= 4 is 11.6 Å². The van der Waals surface area contributed by atoms with Gasteiger partial charge < -0.3 is 11.1 Å². The number of amides is 1. The number of benzene rings is 1. The van der Waals surface area contributed by atoms with Gasteiger partial charge in [-0.15, -0.1) is 5.10 Å². The first kappa shape index (κ1) is 15.0. The second-order valence-corrected chi connectivity index (χ2v) is 4.52. The molecule has 0 aliphatic carbocycles. The minimum Gasteiger partial charge on any atom is -0.322 e. The Labute approximate surface area is 117 Å². The lowest BCUT2D eigenvalue weighted by Crippen LogP contribution is -2.59. The summed E-state index contributed by atoms with van der Waals surface area (Å²) < 4.78 is 39.6. The van der Waals surface area contributed by atoms with Crippen molar-refractivity contribution < 1.29 is 18.0 Å². The van der Waals surface area contributed by atoms with Crippen LogP contribution in [-0.2, 0) is 4.79 Å². The van der Waals surface area contributed by atoms with Crippen LogP contribution in [0.15, 0.2) is 36.7 Å². The first-order chi connectivity index (χ1) is 9.73. The van der Waals surface area contributed by atoms with Crippen LogP contribution >= 0.6 is 0 Å². The maximum absolute atomic E-state index is 12.7. The molecule has 0 aliphatic heterocycles. The summed E-state index contributed by atoms with van der Waals surface area (Å²) in [5.74, 6) is -1.36. The molecule has 1 amide bonds. The minimum absolute atomic E-state index is 0.147. The second-order valence-electron chi connectivity index (χ2n) is 4.52. The topological polar surface area (TPSA) is 85.8 Å². The number of nitrogens with two attached hydrogens (primary N) is 1. The smallest absolute Gasteiger partial charge is 0.322 e. The predicted molar refractivity (Wildman–Crippen MR) is 68.6 cm³/mol. The molecule has 6 nitrogen and oxygen atoms in total. The van der Waals surface area contributed by atoms with Crippen LogP contribution in [-0.4, -0.2) is 32.6 Å². The van der Waals surface area contributed by atoms with Gasteiger partial charge in [-0.2, -0.15) is 13.2 Å². The first-order valence-corrected chi connectivity index (χ1v) is 5.86. The van der Waals surface area contributed by atoms with Crippen LogP contribution in [0.25, 0.3) is 5.69 Å². The fraction of sp³-hybridized carbons (Fsp3) is 0.250. The molecule has 3 N–H and O–H groups in total. The van der Waals surface area contributed by atoms with Crippen molar-refractivity contribution in [2.75, 3.05) is 5.32 Å². The molecule has 1 atom stereocenters. The molecule has 9 heteroatoms.